The summed E-state index contributed by atoms with van der Waals surface area (Å²) >= 11 is 0. The van der Waals surface area contributed by atoms with Gasteiger partial charge in [-0.1, -0.05) is 13.0 Å². The van der Waals surface area contributed by atoms with Crippen LogP contribution in [0.3, 0.4) is 0 Å². The molecule has 0 radical (unpaired) electrons. The Morgan fingerprint density at radius 1 is 0.966 bits per heavy atom. The van der Waals surface area contributed by atoms with E-state index >= 15 is 0 Å². The highest BCUT2D eigenvalue weighted by molar-refractivity contribution is 5.45. The van der Waals surface area contributed by atoms with Crippen LogP contribution in [-0.2, 0) is 6.54 Å². The number of aromatic nitrogens is 3. The van der Waals surface area contributed by atoms with Gasteiger partial charge in [-0.2, -0.15) is 10.1 Å². The van der Waals surface area contributed by atoms with Crippen molar-refractivity contribution in [3.63, 3.8) is 0 Å². The van der Waals surface area contributed by atoms with Gasteiger partial charge in [-0.3, -0.25) is 4.90 Å². The lowest BCUT2D eigenvalue weighted by Gasteiger charge is -2.35. The molecule has 2 saturated heterocycles. The van der Waals surface area contributed by atoms with Crippen molar-refractivity contribution in [2.24, 2.45) is 5.92 Å². The van der Waals surface area contributed by atoms with Gasteiger partial charge in [-0.05, 0) is 36.5 Å². The van der Waals surface area contributed by atoms with E-state index in [1.807, 2.05) is 6.07 Å². The predicted octanol–water partition coefficient (Wildman–Crippen LogP) is 2.16. The summed E-state index contributed by atoms with van der Waals surface area (Å²) in [7, 11) is 0. The van der Waals surface area contributed by atoms with Gasteiger partial charge in [0, 0.05) is 45.8 Å². The van der Waals surface area contributed by atoms with Crippen LogP contribution in [-0.4, -0.2) is 66.1 Å². The lowest BCUT2D eigenvalue weighted by Crippen LogP contribution is -2.46. The Hall–Kier alpha value is -2.61. The minimum atomic E-state index is 0.320. The second kappa shape index (κ2) is 8.02. The maximum Gasteiger partial charge on any atom is 0.247 e. The smallest absolute Gasteiger partial charge is 0.247 e. The van der Waals surface area contributed by atoms with Crippen molar-refractivity contribution in [2.45, 2.75) is 26.3 Å². The van der Waals surface area contributed by atoms with Gasteiger partial charge in [-0.25, -0.2) is 0 Å². The number of hydrogen-bond donors (Lipinski definition) is 0. The largest absolute Gasteiger partial charge is 0.454 e. The first-order valence-corrected chi connectivity index (χ1v) is 10.5. The summed E-state index contributed by atoms with van der Waals surface area (Å²) in [5.41, 5.74) is 1.25. The first-order valence-electron chi connectivity index (χ1n) is 10.5. The SMILES string of the molecule is CC1CCN(c2cnnc(N3CCN(Cc4ccc5c(c4)OCO5)CC3)n2)CC1. The normalized spacial score (nSPS) is 20.3. The van der Waals surface area contributed by atoms with E-state index in [0.29, 0.717) is 6.79 Å². The molecule has 0 saturated carbocycles. The van der Waals surface area contributed by atoms with Gasteiger partial charge in [0.15, 0.2) is 17.3 Å². The number of hydrogen-bond acceptors (Lipinski definition) is 8. The van der Waals surface area contributed by atoms with Crippen molar-refractivity contribution in [3.05, 3.63) is 30.0 Å². The Balaban J connectivity index is 1.18. The van der Waals surface area contributed by atoms with Crippen LogP contribution in [0.15, 0.2) is 24.4 Å². The highest BCUT2D eigenvalue weighted by Crippen LogP contribution is 2.33. The first-order chi connectivity index (χ1) is 14.2. The molecule has 2 aromatic rings. The highest BCUT2D eigenvalue weighted by atomic mass is 16.7. The molecule has 1 aromatic heterocycles. The minimum Gasteiger partial charge on any atom is -0.454 e. The summed E-state index contributed by atoms with van der Waals surface area (Å²) in [4.78, 5) is 11.9. The van der Waals surface area contributed by atoms with Crippen LogP contribution in [0.5, 0.6) is 11.5 Å². The Morgan fingerprint density at radius 3 is 2.59 bits per heavy atom. The summed E-state index contributed by atoms with van der Waals surface area (Å²) < 4.78 is 10.9. The molecule has 0 atom stereocenters. The van der Waals surface area contributed by atoms with Crippen molar-refractivity contribution >= 4 is 11.8 Å². The molecule has 0 amide bonds. The molecule has 0 spiro atoms. The molecule has 3 aliphatic heterocycles. The van der Waals surface area contributed by atoms with Crippen LogP contribution in [0.1, 0.15) is 25.3 Å². The average molecular weight is 396 g/mol. The molecule has 0 aliphatic carbocycles. The van der Waals surface area contributed by atoms with Crippen molar-refractivity contribution in [1.29, 1.82) is 0 Å². The summed E-state index contributed by atoms with van der Waals surface area (Å²) in [5.74, 6) is 4.21. The third kappa shape index (κ3) is 4.07. The van der Waals surface area contributed by atoms with Crippen LogP contribution in [0.4, 0.5) is 11.8 Å². The number of piperazine rings is 1. The number of ether oxygens (including phenoxy) is 2. The molecule has 154 valence electrons. The zero-order valence-electron chi connectivity index (χ0n) is 17.0. The molecule has 0 unspecified atom stereocenters. The predicted molar refractivity (Wildman–Crippen MR) is 110 cm³/mol. The van der Waals surface area contributed by atoms with E-state index < -0.39 is 0 Å². The Bertz CT molecular complexity index is 847. The zero-order valence-corrected chi connectivity index (χ0v) is 17.0. The molecule has 5 rings (SSSR count). The summed E-state index contributed by atoms with van der Waals surface area (Å²) in [6, 6.07) is 6.21. The van der Waals surface area contributed by atoms with E-state index in [4.69, 9.17) is 14.5 Å². The summed E-state index contributed by atoms with van der Waals surface area (Å²) in [6.07, 6.45) is 4.24. The van der Waals surface area contributed by atoms with Crippen LogP contribution >= 0.6 is 0 Å². The molecule has 1 aromatic carbocycles. The lowest BCUT2D eigenvalue weighted by atomic mass is 9.99. The van der Waals surface area contributed by atoms with E-state index in [0.717, 1.165) is 75.0 Å². The van der Waals surface area contributed by atoms with Crippen LogP contribution in [0.25, 0.3) is 0 Å². The molecule has 0 bridgehead atoms. The van der Waals surface area contributed by atoms with Gasteiger partial charge in [0.2, 0.25) is 12.7 Å². The number of rotatable bonds is 4. The van der Waals surface area contributed by atoms with Crippen LogP contribution in [0.2, 0.25) is 0 Å². The Kier molecular flexibility index (Phi) is 5.10. The van der Waals surface area contributed by atoms with Gasteiger partial charge >= 0.3 is 0 Å². The number of piperidine rings is 1. The number of benzene rings is 1. The standard InChI is InChI=1S/C21H28N6O2/c1-16-4-6-26(7-5-16)20-13-22-24-21(23-20)27-10-8-25(9-11-27)14-17-2-3-18-19(12-17)29-15-28-18/h2-3,12-13,16H,4-11,14-15H2,1H3. The van der Waals surface area contributed by atoms with E-state index in [9.17, 15) is 0 Å². The van der Waals surface area contributed by atoms with Gasteiger partial charge in [0.25, 0.3) is 0 Å². The van der Waals surface area contributed by atoms with E-state index in [1.165, 1.54) is 18.4 Å². The molecule has 4 heterocycles. The number of fused-ring (bicyclic) bond motifs is 1. The quantitative estimate of drug-likeness (QED) is 0.779. The van der Waals surface area contributed by atoms with Gasteiger partial charge in [0.05, 0.1) is 6.20 Å². The van der Waals surface area contributed by atoms with Crippen molar-refractivity contribution in [2.75, 3.05) is 55.9 Å². The van der Waals surface area contributed by atoms with Crippen molar-refractivity contribution in [1.82, 2.24) is 20.1 Å². The van der Waals surface area contributed by atoms with Gasteiger partial charge in [0.1, 0.15) is 0 Å². The fourth-order valence-corrected chi connectivity index (χ4v) is 4.21. The van der Waals surface area contributed by atoms with Gasteiger partial charge in [-0.15, -0.1) is 5.10 Å². The molecule has 2 fully saturated rings. The van der Waals surface area contributed by atoms with Crippen LogP contribution < -0.4 is 19.3 Å². The lowest BCUT2D eigenvalue weighted by molar-refractivity contribution is 0.174. The maximum absolute atomic E-state index is 5.49. The van der Waals surface area contributed by atoms with E-state index in [-0.39, 0.29) is 0 Å². The fraction of sp³-hybridized carbons (Fsp3) is 0.571. The fourth-order valence-electron chi connectivity index (χ4n) is 4.21. The molecule has 8 heteroatoms. The minimum absolute atomic E-state index is 0.320. The number of nitrogens with zero attached hydrogens (tertiary/aromatic N) is 6. The molecular weight excluding hydrogens is 368 g/mol. The zero-order chi connectivity index (χ0) is 19.6. The molecule has 29 heavy (non-hydrogen) atoms. The van der Waals surface area contributed by atoms with Crippen molar-refractivity contribution < 1.29 is 9.47 Å². The molecule has 0 N–H and O–H groups in total. The second-order valence-corrected chi connectivity index (χ2v) is 8.23. The summed E-state index contributed by atoms with van der Waals surface area (Å²) in [6.45, 7) is 9.44. The molecule has 8 nitrogen and oxygen atoms in total. The van der Waals surface area contributed by atoms with Gasteiger partial charge < -0.3 is 19.3 Å². The highest BCUT2D eigenvalue weighted by Gasteiger charge is 2.23. The third-order valence-electron chi connectivity index (χ3n) is 6.14. The second-order valence-electron chi connectivity index (χ2n) is 8.23. The third-order valence-corrected chi connectivity index (χ3v) is 6.14. The van der Waals surface area contributed by atoms with E-state index in [2.05, 4.69) is 44.0 Å². The van der Waals surface area contributed by atoms with E-state index in [1.54, 1.807) is 6.20 Å². The van der Waals surface area contributed by atoms with Crippen LogP contribution in [0, 0.1) is 5.92 Å². The first kappa shape index (κ1) is 18.4. The molecular formula is C21H28N6O2. The monoisotopic (exact) mass is 396 g/mol. The van der Waals surface area contributed by atoms with Crippen molar-refractivity contribution in [3.8, 4) is 11.5 Å². The Labute approximate surface area is 171 Å². The topological polar surface area (TPSA) is 66.9 Å². The maximum atomic E-state index is 5.49. The average Bonchev–Trinajstić information content (AvgIpc) is 3.23. The Morgan fingerprint density at radius 2 is 1.76 bits per heavy atom. The molecule has 3 aliphatic rings. The summed E-state index contributed by atoms with van der Waals surface area (Å²) in [5, 5.41) is 8.55. The number of anilines is 2.